The predicted molar refractivity (Wildman–Crippen MR) is 252 cm³/mol. The van der Waals surface area contributed by atoms with Gasteiger partial charge >= 0.3 is 17.9 Å². The number of esters is 2. The average Bonchev–Trinajstić information content (AvgIpc) is 3.21. The molecule has 0 bridgehead atoms. The highest BCUT2D eigenvalue weighted by atomic mass is 16.6. The van der Waals surface area contributed by atoms with E-state index in [9.17, 15) is 19.5 Å². The summed E-state index contributed by atoms with van der Waals surface area (Å²) in [5, 5.41) is 9.64. The van der Waals surface area contributed by atoms with E-state index >= 15 is 0 Å². The van der Waals surface area contributed by atoms with Crippen molar-refractivity contribution in [3.05, 3.63) is 12.2 Å². The van der Waals surface area contributed by atoms with Crippen LogP contribution in [0.1, 0.15) is 251 Å². The van der Waals surface area contributed by atoms with Crippen LogP contribution >= 0.6 is 0 Å². The van der Waals surface area contributed by atoms with E-state index in [2.05, 4.69) is 26.0 Å². The third kappa shape index (κ3) is 41.4. The molecule has 0 radical (unpaired) electrons. The molecule has 0 saturated carbocycles. The Balaban J connectivity index is 4.15. The fourth-order valence-electron chi connectivity index (χ4n) is 7.91. The van der Waals surface area contributed by atoms with Crippen LogP contribution in [0.2, 0.25) is 0 Å². The van der Waals surface area contributed by atoms with Gasteiger partial charge in [-0.15, -0.1) is 0 Å². The second-order valence-electron chi connectivity index (χ2n) is 18.8. The number of unbranched alkanes of at least 4 members (excludes halogenated alkanes) is 31. The number of quaternary nitrogens is 1. The molecule has 0 aromatic heterocycles. The standard InChI is InChI=1S/C52H99NO7/c1-6-8-10-12-14-16-18-20-21-22-23-24-25-26-27-28-29-31-32-34-36-38-40-42-50(54)59-47-48(46-58-45-44-49(52(56)57)53(3,4)5)60-51(55)43-41-39-37-35-33-30-19-17-15-13-11-9-7-2/h26-27,48-49H,6-25,28-47H2,1-5H3/p+1/b27-26+. The molecule has 0 fully saturated rings. The van der Waals surface area contributed by atoms with E-state index in [1.807, 2.05) is 21.1 Å². The van der Waals surface area contributed by atoms with Gasteiger partial charge in [0.15, 0.2) is 12.1 Å². The van der Waals surface area contributed by atoms with Crippen molar-refractivity contribution < 1.29 is 38.2 Å². The molecule has 8 heteroatoms. The summed E-state index contributed by atoms with van der Waals surface area (Å²) in [6.45, 7) is 4.77. The summed E-state index contributed by atoms with van der Waals surface area (Å²) in [6.07, 6.45) is 48.3. The maximum atomic E-state index is 12.7. The lowest BCUT2D eigenvalue weighted by Crippen LogP contribution is -2.50. The maximum absolute atomic E-state index is 12.7. The van der Waals surface area contributed by atoms with Gasteiger partial charge in [-0.1, -0.05) is 206 Å². The molecule has 0 spiro atoms. The Morgan fingerprint density at radius 1 is 0.483 bits per heavy atom. The minimum Gasteiger partial charge on any atom is -0.477 e. The largest absolute Gasteiger partial charge is 0.477 e. The molecule has 0 amide bonds. The van der Waals surface area contributed by atoms with Crippen molar-refractivity contribution in [1.29, 1.82) is 0 Å². The van der Waals surface area contributed by atoms with Gasteiger partial charge in [-0.25, -0.2) is 4.79 Å². The van der Waals surface area contributed by atoms with E-state index in [0.717, 1.165) is 38.5 Å². The molecule has 0 aliphatic rings. The molecule has 0 heterocycles. The van der Waals surface area contributed by atoms with Crippen molar-refractivity contribution in [2.75, 3.05) is 41.0 Å². The monoisotopic (exact) mass is 851 g/mol. The van der Waals surface area contributed by atoms with Gasteiger partial charge < -0.3 is 23.8 Å². The topological polar surface area (TPSA) is 99.1 Å². The van der Waals surface area contributed by atoms with E-state index in [4.69, 9.17) is 14.2 Å². The molecule has 2 atom stereocenters. The number of carbonyl (C=O) groups excluding carboxylic acids is 2. The fraction of sp³-hybridized carbons (Fsp3) is 0.904. The average molecular weight is 851 g/mol. The zero-order chi connectivity index (χ0) is 44.2. The number of allylic oxidation sites excluding steroid dienone is 2. The second kappa shape index (κ2) is 43.7. The Hall–Kier alpha value is -1.93. The van der Waals surface area contributed by atoms with E-state index in [-0.39, 0.29) is 36.2 Å². The maximum Gasteiger partial charge on any atom is 0.362 e. The van der Waals surface area contributed by atoms with Crippen LogP contribution in [0.15, 0.2) is 12.2 Å². The van der Waals surface area contributed by atoms with Gasteiger partial charge in [0.2, 0.25) is 0 Å². The number of rotatable bonds is 47. The third-order valence-corrected chi connectivity index (χ3v) is 11.9. The first-order chi connectivity index (χ1) is 29.1. The van der Waals surface area contributed by atoms with Crippen LogP contribution in [0.4, 0.5) is 0 Å². The Labute approximate surface area is 371 Å². The molecule has 0 rings (SSSR count). The fourth-order valence-corrected chi connectivity index (χ4v) is 7.91. The molecule has 0 aliphatic heterocycles. The Kier molecular flexibility index (Phi) is 42.3. The Bertz CT molecular complexity index is 993. The van der Waals surface area contributed by atoms with Crippen LogP contribution in [0.3, 0.4) is 0 Å². The van der Waals surface area contributed by atoms with Gasteiger partial charge in [0, 0.05) is 19.3 Å². The number of hydrogen-bond acceptors (Lipinski definition) is 6. The summed E-state index contributed by atoms with van der Waals surface area (Å²) in [4.78, 5) is 37.1. The van der Waals surface area contributed by atoms with Crippen LogP contribution in [-0.4, -0.2) is 80.6 Å². The van der Waals surface area contributed by atoms with E-state index in [0.29, 0.717) is 19.3 Å². The highest BCUT2D eigenvalue weighted by Gasteiger charge is 2.31. The number of carboxylic acids is 1. The number of hydrogen-bond donors (Lipinski definition) is 1. The number of ether oxygens (including phenoxy) is 3. The highest BCUT2D eigenvalue weighted by molar-refractivity contribution is 5.72. The van der Waals surface area contributed by atoms with Crippen molar-refractivity contribution in [3.8, 4) is 0 Å². The minimum absolute atomic E-state index is 0.0470. The highest BCUT2D eigenvalue weighted by Crippen LogP contribution is 2.16. The van der Waals surface area contributed by atoms with Gasteiger partial charge in [-0.05, 0) is 38.5 Å². The van der Waals surface area contributed by atoms with Crippen molar-refractivity contribution in [3.63, 3.8) is 0 Å². The molecular formula is C52H100NO7+. The van der Waals surface area contributed by atoms with Gasteiger partial charge in [0.05, 0.1) is 34.4 Å². The van der Waals surface area contributed by atoms with Crippen molar-refractivity contribution >= 4 is 17.9 Å². The summed E-state index contributed by atoms with van der Waals surface area (Å²) in [5.74, 6) is -1.45. The lowest BCUT2D eigenvalue weighted by molar-refractivity contribution is -0.887. The third-order valence-electron chi connectivity index (χ3n) is 11.9. The summed E-state index contributed by atoms with van der Waals surface area (Å²) in [6, 6.07) is -0.611. The van der Waals surface area contributed by atoms with E-state index < -0.39 is 18.1 Å². The molecule has 0 aromatic carbocycles. The number of aliphatic carboxylic acids is 1. The summed E-state index contributed by atoms with van der Waals surface area (Å²) < 4.78 is 17.3. The van der Waals surface area contributed by atoms with Crippen molar-refractivity contribution in [1.82, 2.24) is 0 Å². The zero-order valence-corrected chi connectivity index (χ0v) is 40.4. The molecule has 1 N–H and O–H groups in total. The van der Waals surface area contributed by atoms with Crippen LogP contribution in [0.5, 0.6) is 0 Å². The van der Waals surface area contributed by atoms with Gasteiger partial charge in [0.1, 0.15) is 6.61 Å². The van der Waals surface area contributed by atoms with Crippen molar-refractivity contribution in [2.45, 2.75) is 264 Å². The van der Waals surface area contributed by atoms with Crippen LogP contribution in [-0.2, 0) is 28.6 Å². The number of nitrogens with zero attached hydrogens (tertiary/aromatic N) is 1. The SMILES string of the molecule is CCCCCCCCCCCCCC/C=C/CCCCCCCCCC(=O)OCC(COCCC(C(=O)O)[N+](C)(C)C)OC(=O)CCCCCCCCCCCCCCC. The van der Waals surface area contributed by atoms with Gasteiger partial charge in [-0.2, -0.15) is 0 Å². The summed E-state index contributed by atoms with van der Waals surface area (Å²) in [7, 11) is 5.54. The molecule has 8 nitrogen and oxygen atoms in total. The second-order valence-corrected chi connectivity index (χ2v) is 18.8. The first-order valence-corrected chi connectivity index (χ1v) is 25.7. The molecule has 354 valence electrons. The lowest BCUT2D eigenvalue weighted by atomic mass is 10.0. The molecule has 60 heavy (non-hydrogen) atoms. The summed E-state index contributed by atoms with van der Waals surface area (Å²) in [5.41, 5.74) is 0. The van der Waals surface area contributed by atoms with Crippen LogP contribution < -0.4 is 0 Å². The first-order valence-electron chi connectivity index (χ1n) is 25.7. The Morgan fingerprint density at radius 2 is 0.833 bits per heavy atom. The predicted octanol–water partition coefficient (Wildman–Crippen LogP) is 14.6. The summed E-state index contributed by atoms with van der Waals surface area (Å²) >= 11 is 0. The smallest absolute Gasteiger partial charge is 0.362 e. The minimum atomic E-state index is -0.871. The van der Waals surface area contributed by atoms with Crippen LogP contribution in [0.25, 0.3) is 0 Å². The number of carboxylic acid groups (broad SMARTS) is 1. The van der Waals surface area contributed by atoms with Gasteiger partial charge in [-0.3, -0.25) is 9.59 Å². The first kappa shape index (κ1) is 58.1. The lowest BCUT2D eigenvalue weighted by Gasteiger charge is -2.31. The Morgan fingerprint density at radius 3 is 1.20 bits per heavy atom. The van der Waals surface area contributed by atoms with E-state index in [1.165, 1.54) is 180 Å². The zero-order valence-electron chi connectivity index (χ0n) is 40.4. The van der Waals surface area contributed by atoms with Crippen molar-refractivity contribution in [2.24, 2.45) is 0 Å². The van der Waals surface area contributed by atoms with Gasteiger partial charge in [0.25, 0.3) is 0 Å². The molecule has 0 saturated heterocycles. The normalized spacial score (nSPS) is 12.9. The molecule has 0 aromatic rings. The number of carbonyl (C=O) groups is 3. The molecule has 0 aliphatic carbocycles. The van der Waals surface area contributed by atoms with E-state index in [1.54, 1.807) is 0 Å². The quantitative estimate of drug-likeness (QED) is 0.0282. The van der Waals surface area contributed by atoms with Crippen LogP contribution in [0, 0.1) is 0 Å². The number of likely N-dealkylation sites (N-methyl/N-ethyl adjacent to an activating group) is 1. The molecular weight excluding hydrogens is 751 g/mol. The molecule has 2 unspecified atom stereocenters.